The van der Waals surface area contributed by atoms with Crippen LogP contribution in [0.2, 0.25) is 10.0 Å². The Bertz CT molecular complexity index is 788. The third kappa shape index (κ3) is 6.64. The summed E-state index contributed by atoms with van der Waals surface area (Å²) in [4.78, 5) is 0. The lowest BCUT2D eigenvalue weighted by molar-refractivity contribution is 0.0325. The molecule has 2 aromatic rings. The van der Waals surface area contributed by atoms with E-state index in [1.165, 1.54) is 7.11 Å². The molecule has 0 radical (unpaired) electrons. The number of halogens is 3. The molecule has 0 aliphatic carbocycles. The number of hydrogen-bond donors (Lipinski definition) is 2. The lowest BCUT2D eigenvalue weighted by atomic mass is 9.78. The van der Waals surface area contributed by atoms with Crippen LogP contribution >= 0.6 is 34.8 Å². The van der Waals surface area contributed by atoms with Gasteiger partial charge >= 0.3 is 0 Å². The molecule has 0 aliphatic heterocycles. The van der Waals surface area contributed by atoms with Gasteiger partial charge < -0.3 is 24.4 Å². The molecule has 2 aromatic carbocycles. The van der Waals surface area contributed by atoms with E-state index >= 15 is 0 Å². The number of ether oxygens (including phenoxy) is 3. The Balaban J connectivity index is 2.16. The smallest absolute Gasteiger partial charge is 0.156 e. The van der Waals surface area contributed by atoms with Crippen LogP contribution in [0.3, 0.4) is 0 Å². The van der Waals surface area contributed by atoms with Gasteiger partial charge in [-0.15, -0.1) is 11.6 Å². The molecule has 8 heteroatoms. The molecule has 0 aliphatic rings. The zero-order valence-electron chi connectivity index (χ0n) is 17.2. The summed E-state index contributed by atoms with van der Waals surface area (Å²) in [5.74, 6) is 1.04. The van der Waals surface area contributed by atoms with Crippen LogP contribution < -0.4 is 9.47 Å². The van der Waals surface area contributed by atoms with Crippen LogP contribution in [-0.4, -0.2) is 55.2 Å². The third-order valence-electron chi connectivity index (χ3n) is 4.70. The lowest BCUT2D eigenvalue weighted by Crippen LogP contribution is -2.23. The average Bonchev–Trinajstić information content (AvgIpc) is 2.71. The first-order valence-electron chi connectivity index (χ1n) is 9.45. The summed E-state index contributed by atoms with van der Waals surface area (Å²) < 4.78 is 16.0. The van der Waals surface area contributed by atoms with Crippen LogP contribution in [-0.2, 0) is 10.2 Å². The van der Waals surface area contributed by atoms with Crippen molar-refractivity contribution in [3.63, 3.8) is 0 Å². The van der Waals surface area contributed by atoms with Crippen LogP contribution in [0, 0.1) is 0 Å². The second kappa shape index (κ2) is 11.4. The molecule has 0 aromatic heterocycles. The summed E-state index contributed by atoms with van der Waals surface area (Å²) in [5.41, 5.74) is 1.55. The highest BCUT2D eigenvalue weighted by Crippen LogP contribution is 2.40. The molecule has 0 spiro atoms. The topological polar surface area (TPSA) is 68.2 Å². The molecule has 5 nitrogen and oxygen atoms in total. The summed E-state index contributed by atoms with van der Waals surface area (Å²) in [6.45, 7) is 4.50. The highest BCUT2D eigenvalue weighted by atomic mass is 35.5. The van der Waals surface area contributed by atoms with E-state index in [4.69, 9.17) is 49.0 Å². The Labute approximate surface area is 192 Å². The Hall–Kier alpha value is -1.21. The molecular formula is C22H27Cl3O5. The maximum atomic E-state index is 9.69. The minimum atomic E-state index is -0.800. The zero-order chi connectivity index (χ0) is 22.3. The molecule has 0 fully saturated rings. The van der Waals surface area contributed by atoms with Crippen LogP contribution in [0.1, 0.15) is 25.0 Å². The SMILES string of the molecule is COC[C@@H](O)COc1ccc(C(C)(C)c2cc(Cl)c(OC[C@@H](O)CCl)c(Cl)c2)cc1. The normalized spacial score (nSPS) is 13.7. The Morgan fingerprint density at radius 2 is 1.43 bits per heavy atom. The van der Waals surface area contributed by atoms with Crippen molar-refractivity contribution in [3.8, 4) is 11.5 Å². The molecule has 2 rings (SSSR count). The van der Waals surface area contributed by atoms with Crippen LogP contribution in [0.25, 0.3) is 0 Å². The Morgan fingerprint density at radius 3 is 1.97 bits per heavy atom. The van der Waals surface area contributed by atoms with Crippen molar-refractivity contribution < 1.29 is 24.4 Å². The minimum Gasteiger partial charge on any atom is -0.491 e. The van der Waals surface area contributed by atoms with Crippen molar-refractivity contribution >= 4 is 34.8 Å². The van der Waals surface area contributed by atoms with Crippen molar-refractivity contribution in [2.45, 2.75) is 31.5 Å². The molecule has 0 bridgehead atoms. The molecule has 0 amide bonds. The molecule has 166 valence electrons. The van der Waals surface area contributed by atoms with Crippen molar-refractivity contribution in [2.24, 2.45) is 0 Å². The van der Waals surface area contributed by atoms with Gasteiger partial charge in [0.2, 0.25) is 0 Å². The Kier molecular flexibility index (Phi) is 9.54. The number of aliphatic hydroxyl groups excluding tert-OH is 2. The molecule has 2 atom stereocenters. The summed E-state index contributed by atoms with van der Waals surface area (Å²) in [5, 5.41) is 20.0. The molecular weight excluding hydrogens is 451 g/mol. The maximum Gasteiger partial charge on any atom is 0.156 e. The van der Waals surface area contributed by atoms with Gasteiger partial charge in [-0.2, -0.15) is 0 Å². The van der Waals surface area contributed by atoms with E-state index in [1.807, 2.05) is 24.3 Å². The maximum absolute atomic E-state index is 9.69. The fraction of sp³-hybridized carbons (Fsp3) is 0.455. The van der Waals surface area contributed by atoms with Gasteiger partial charge in [-0.3, -0.25) is 0 Å². The van der Waals surface area contributed by atoms with Crippen molar-refractivity contribution in [1.29, 1.82) is 0 Å². The van der Waals surface area contributed by atoms with Gasteiger partial charge in [-0.25, -0.2) is 0 Å². The van der Waals surface area contributed by atoms with Gasteiger partial charge in [0, 0.05) is 12.5 Å². The molecule has 30 heavy (non-hydrogen) atoms. The third-order valence-corrected chi connectivity index (χ3v) is 5.61. The van der Waals surface area contributed by atoms with Gasteiger partial charge in [-0.1, -0.05) is 49.2 Å². The van der Waals surface area contributed by atoms with E-state index in [-0.39, 0.29) is 25.7 Å². The van der Waals surface area contributed by atoms with Gasteiger partial charge in [-0.05, 0) is 35.4 Å². The van der Waals surface area contributed by atoms with Gasteiger partial charge in [0.25, 0.3) is 0 Å². The number of alkyl halides is 1. The van der Waals surface area contributed by atoms with Crippen molar-refractivity contribution in [2.75, 3.05) is 32.8 Å². The molecule has 0 saturated heterocycles. The zero-order valence-corrected chi connectivity index (χ0v) is 19.5. The molecule has 2 N–H and O–H groups in total. The van der Waals surface area contributed by atoms with Crippen LogP contribution in [0.5, 0.6) is 11.5 Å². The van der Waals surface area contributed by atoms with E-state index in [0.29, 0.717) is 21.5 Å². The number of aliphatic hydroxyl groups is 2. The number of hydrogen-bond acceptors (Lipinski definition) is 5. The largest absolute Gasteiger partial charge is 0.491 e. The highest BCUT2D eigenvalue weighted by molar-refractivity contribution is 6.37. The number of benzene rings is 2. The molecule has 0 saturated carbocycles. The van der Waals surface area contributed by atoms with Gasteiger partial charge in [0.15, 0.2) is 5.75 Å². The van der Waals surface area contributed by atoms with E-state index in [9.17, 15) is 10.2 Å². The van der Waals surface area contributed by atoms with E-state index in [1.54, 1.807) is 12.1 Å². The second-order valence-corrected chi connectivity index (χ2v) is 8.58. The fourth-order valence-corrected chi connectivity index (χ4v) is 3.54. The predicted octanol–water partition coefficient (Wildman–Crippen LogP) is 4.68. The number of rotatable bonds is 11. The fourth-order valence-electron chi connectivity index (χ4n) is 2.85. The van der Waals surface area contributed by atoms with Crippen LogP contribution in [0.15, 0.2) is 36.4 Å². The van der Waals surface area contributed by atoms with E-state index < -0.39 is 17.6 Å². The van der Waals surface area contributed by atoms with E-state index in [0.717, 1.165) is 11.1 Å². The molecule has 0 unspecified atom stereocenters. The Morgan fingerprint density at radius 1 is 0.867 bits per heavy atom. The first kappa shape index (κ1) is 25.1. The van der Waals surface area contributed by atoms with Crippen molar-refractivity contribution in [1.82, 2.24) is 0 Å². The summed E-state index contributed by atoms with van der Waals surface area (Å²) >= 11 is 18.4. The summed E-state index contributed by atoms with van der Waals surface area (Å²) in [6.07, 6.45) is -1.48. The molecule has 0 heterocycles. The first-order chi connectivity index (χ1) is 14.2. The predicted molar refractivity (Wildman–Crippen MR) is 121 cm³/mol. The van der Waals surface area contributed by atoms with Gasteiger partial charge in [0.1, 0.15) is 31.2 Å². The first-order valence-corrected chi connectivity index (χ1v) is 10.7. The quantitative estimate of drug-likeness (QED) is 0.460. The second-order valence-electron chi connectivity index (χ2n) is 7.46. The standard InChI is InChI=1S/C22H27Cl3O5/c1-22(2,14-4-6-18(7-5-14)29-13-17(27)11-28-3)15-8-19(24)21(20(25)9-15)30-12-16(26)10-23/h4-9,16-17,26-27H,10-13H2,1-3H3/t16-,17+/m0/s1. The highest BCUT2D eigenvalue weighted by Gasteiger charge is 2.26. The summed E-state index contributed by atoms with van der Waals surface area (Å²) in [7, 11) is 1.53. The number of methoxy groups -OCH3 is 1. The van der Waals surface area contributed by atoms with E-state index in [2.05, 4.69) is 13.8 Å². The monoisotopic (exact) mass is 476 g/mol. The van der Waals surface area contributed by atoms with Crippen LogP contribution in [0.4, 0.5) is 0 Å². The van der Waals surface area contributed by atoms with Crippen molar-refractivity contribution in [3.05, 3.63) is 57.6 Å². The summed E-state index contributed by atoms with van der Waals surface area (Å²) in [6, 6.07) is 11.2. The van der Waals surface area contributed by atoms with Gasteiger partial charge in [0.05, 0.1) is 22.5 Å². The average molecular weight is 478 g/mol. The minimum absolute atomic E-state index is 0.00617. The lowest BCUT2D eigenvalue weighted by Gasteiger charge is -2.27.